The molecule has 0 fully saturated rings. The highest BCUT2D eigenvalue weighted by Crippen LogP contribution is 2.39. The fourth-order valence-corrected chi connectivity index (χ4v) is 3.31. The Labute approximate surface area is 186 Å². The van der Waals surface area contributed by atoms with Gasteiger partial charge in [-0.25, -0.2) is 4.79 Å². The summed E-state index contributed by atoms with van der Waals surface area (Å²) >= 11 is 0. The van der Waals surface area contributed by atoms with Crippen LogP contribution in [-0.4, -0.2) is 27.3 Å². The van der Waals surface area contributed by atoms with Crippen molar-refractivity contribution in [1.82, 2.24) is 0 Å². The second-order valence-electron chi connectivity index (χ2n) is 6.90. The summed E-state index contributed by atoms with van der Waals surface area (Å²) in [6.45, 7) is 0. The summed E-state index contributed by atoms with van der Waals surface area (Å²) in [5.74, 6) is 2.98. The van der Waals surface area contributed by atoms with Crippen LogP contribution in [0.4, 0.5) is 0 Å². The first-order valence-electron chi connectivity index (χ1n) is 9.90. The maximum absolute atomic E-state index is 12.4. The maximum atomic E-state index is 12.4. The SMILES string of the molecule is COc1cc(/C=C2/C=C(c3ccc(Oc4ccccc4)cc3)OC2=O)cc(OC)c1OC. The third-order valence-electron chi connectivity index (χ3n) is 4.85. The molecule has 6 nitrogen and oxygen atoms in total. The summed E-state index contributed by atoms with van der Waals surface area (Å²) in [5, 5.41) is 0. The first kappa shape index (κ1) is 21.1. The van der Waals surface area contributed by atoms with Gasteiger partial charge < -0.3 is 23.7 Å². The van der Waals surface area contributed by atoms with Crippen LogP contribution < -0.4 is 18.9 Å². The van der Waals surface area contributed by atoms with Gasteiger partial charge in [0.15, 0.2) is 11.5 Å². The largest absolute Gasteiger partial charge is 0.493 e. The van der Waals surface area contributed by atoms with Crippen molar-refractivity contribution < 1.29 is 28.5 Å². The molecule has 1 aliphatic heterocycles. The third kappa shape index (κ3) is 4.44. The Balaban J connectivity index is 1.58. The van der Waals surface area contributed by atoms with Crippen LogP contribution in [0.25, 0.3) is 11.8 Å². The highest BCUT2D eigenvalue weighted by atomic mass is 16.5. The van der Waals surface area contributed by atoms with E-state index in [0.717, 1.165) is 16.9 Å². The Morgan fingerprint density at radius 2 is 1.41 bits per heavy atom. The highest BCUT2D eigenvalue weighted by Gasteiger charge is 2.23. The minimum Gasteiger partial charge on any atom is -0.493 e. The number of hydrogen-bond acceptors (Lipinski definition) is 6. The van der Waals surface area contributed by atoms with Crippen LogP contribution in [0.15, 0.2) is 78.4 Å². The molecule has 0 unspecified atom stereocenters. The highest BCUT2D eigenvalue weighted by molar-refractivity contribution is 6.05. The molecular formula is C26H22O6. The second kappa shape index (κ2) is 9.31. The zero-order chi connectivity index (χ0) is 22.5. The van der Waals surface area contributed by atoms with E-state index in [1.54, 1.807) is 38.5 Å². The summed E-state index contributed by atoms with van der Waals surface area (Å²) in [7, 11) is 4.63. The zero-order valence-corrected chi connectivity index (χ0v) is 18.0. The van der Waals surface area contributed by atoms with E-state index in [-0.39, 0.29) is 0 Å². The fraction of sp³-hybridized carbons (Fsp3) is 0.115. The molecule has 0 bridgehead atoms. The van der Waals surface area contributed by atoms with Gasteiger partial charge in [-0.1, -0.05) is 18.2 Å². The first-order chi connectivity index (χ1) is 15.6. The molecule has 0 radical (unpaired) electrons. The molecule has 0 N–H and O–H groups in total. The zero-order valence-electron chi connectivity index (χ0n) is 18.0. The van der Waals surface area contributed by atoms with Crippen LogP contribution in [0.2, 0.25) is 0 Å². The maximum Gasteiger partial charge on any atom is 0.343 e. The molecule has 0 spiro atoms. The van der Waals surface area contributed by atoms with Gasteiger partial charge in [0.25, 0.3) is 0 Å². The Hall–Kier alpha value is -4.19. The number of para-hydroxylation sites is 1. The minimum absolute atomic E-state index is 0.416. The van der Waals surface area contributed by atoms with E-state index >= 15 is 0 Å². The van der Waals surface area contributed by atoms with Gasteiger partial charge in [-0.3, -0.25) is 0 Å². The van der Waals surface area contributed by atoms with Gasteiger partial charge in [-0.15, -0.1) is 0 Å². The van der Waals surface area contributed by atoms with Crippen LogP contribution in [-0.2, 0) is 9.53 Å². The number of esters is 1. The lowest BCUT2D eigenvalue weighted by Crippen LogP contribution is -1.98. The third-order valence-corrected chi connectivity index (χ3v) is 4.85. The van der Waals surface area contributed by atoms with E-state index in [1.807, 2.05) is 54.6 Å². The molecule has 162 valence electrons. The smallest absolute Gasteiger partial charge is 0.343 e. The Bertz CT molecular complexity index is 1150. The number of carbonyl (C=O) groups is 1. The van der Waals surface area contributed by atoms with E-state index in [4.69, 9.17) is 23.7 Å². The summed E-state index contributed by atoms with van der Waals surface area (Å²) in [5.41, 5.74) is 1.90. The topological polar surface area (TPSA) is 63.2 Å². The van der Waals surface area contributed by atoms with Crippen molar-refractivity contribution >= 4 is 17.8 Å². The van der Waals surface area contributed by atoms with Gasteiger partial charge in [0.2, 0.25) is 5.75 Å². The molecule has 0 saturated heterocycles. The van der Waals surface area contributed by atoms with Gasteiger partial charge in [0.05, 0.1) is 26.9 Å². The molecule has 3 aromatic carbocycles. The summed E-state index contributed by atoms with van der Waals surface area (Å²) < 4.78 is 27.4. The van der Waals surface area contributed by atoms with Crippen LogP contribution in [0.5, 0.6) is 28.7 Å². The summed E-state index contributed by atoms with van der Waals surface area (Å²) in [6.07, 6.45) is 3.42. The summed E-state index contributed by atoms with van der Waals surface area (Å²) in [4.78, 5) is 12.4. The molecule has 4 rings (SSSR count). The molecular weight excluding hydrogens is 408 g/mol. The summed E-state index contributed by atoms with van der Waals surface area (Å²) in [6, 6.07) is 20.4. The van der Waals surface area contributed by atoms with Gasteiger partial charge >= 0.3 is 5.97 Å². The molecule has 0 atom stereocenters. The molecule has 32 heavy (non-hydrogen) atoms. The average Bonchev–Trinajstić information content (AvgIpc) is 3.19. The number of carbonyl (C=O) groups excluding carboxylic acids is 1. The predicted octanol–water partition coefficient (Wildman–Crippen LogP) is 5.49. The van der Waals surface area contributed by atoms with Crippen molar-refractivity contribution in [2.45, 2.75) is 0 Å². The lowest BCUT2D eigenvalue weighted by molar-refractivity contribution is -0.130. The quantitative estimate of drug-likeness (QED) is 0.365. The number of cyclic esters (lactones) is 1. The standard InChI is InChI=1S/C26H22O6/c1-28-23-14-17(15-24(29-2)25(23)30-3)13-19-16-22(32-26(19)27)18-9-11-21(12-10-18)31-20-7-5-4-6-8-20/h4-16H,1-3H3/b19-13-. The number of rotatable bonds is 7. The molecule has 6 heteroatoms. The van der Waals surface area contributed by atoms with E-state index < -0.39 is 5.97 Å². The fourth-order valence-electron chi connectivity index (χ4n) is 3.31. The van der Waals surface area contributed by atoms with Gasteiger partial charge in [-0.05, 0) is 66.2 Å². The number of benzene rings is 3. The monoisotopic (exact) mass is 430 g/mol. The predicted molar refractivity (Wildman–Crippen MR) is 121 cm³/mol. The van der Waals surface area contributed by atoms with Crippen molar-refractivity contribution in [2.24, 2.45) is 0 Å². The van der Waals surface area contributed by atoms with Crippen LogP contribution >= 0.6 is 0 Å². The van der Waals surface area contributed by atoms with Gasteiger partial charge in [-0.2, -0.15) is 0 Å². The molecule has 0 aromatic heterocycles. The molecule has 0 amide bonds. The van der Waals surface area contributed by atoms with Crippen molar-refractivity contribution in [3.8, 4) is 28.7 Å². The van der Waals surface area contributed by atoms with E-state index in [0.29, 0.717) is 34.3 Å². The van der Waals surface area contributed by atoms with Crippen molar-refractivity contribution in [3.63, 3.8) is 0 Å². The van der Waals surface area contributed by atoms with Crippen molar-refractivity contribution in [3.05, 3.63) is 89.5 Å². The van der Waals surface area contributed by atoms with Gasteiger partial charge in [0.1, 0.15) is 17.3 Å². The Morgan fingerprint density at radius 1 is 0.781 bits per heavy atom. The molecule has 3 aromatic rings. The van der Waals surface area contributed by atoms with E-state index in [9.17, 15) is 4.79 Å². The Kier molecular flexibility index (Phi) is 6.12. The average molecular weight is 430 g/mol. The van der Waals surface area contributed by atoms with E-state index in [2.05, 4.69) is 0 Å². The molecule has 0 aliphatic carbocycles. The normalized spacial score (nSPS) is 14.0. The number of hydrogen-bond donors (Lipinski definition) is 0. The first-order valence-corrected chi connectivity index (χ1v) is 9.90. The molecule has 1 heterocycles. The molecule has 1 aliphatic rings. The molecule has 0 saturated carbocycles. The number of ether oxygens (including phenoxy) is 5. The van der Waals surface area contributed by atoms with E-state index in [1.165, 1.54) is 7.11 Å². The lowest BCUT2D eigenvalue weighted by atomic mass is 10.1. The van der Waals surface area contributed by atoms with Crippen LogP contribution in [0.1, 0.15) is 11.1 Å². The lowest BCUT2D eigenvalue weighted by Gasteiger charge is -2.12. The van der Waals surface area contributed by atoms with Crippen molar-refractivity contribution in [1.29, 1.82) is 0 Å². The Morgan fingerprint density at radius 3 is 2.00 bits per heavy atom. The minimum atomic E-state index is -0.432. The second-order valence-corrected chi connectivity index (χ2v) is 6.90. The van der Waals surface area contributed by atoms with Crippen LogP contribution in [0.3, 0.4) is 0 Å². The van der Waals surface area contributed by atoms with Crippen molar-refractivity contribution in [2.75, 3.05) is 21.3 Å². The van der Waals surface area contributed by atoms with Gasteiger partial charge in [0, 0.05) is 5.56 Å². The van der Waals surface area contributed by atoms with Crippen LogP contribution in [0, 0.1) is 0 Å². The number of methoxy groups -OCH3 is 3.